The number of aryl methyl sites for hydroxylation is 2. The molecule has 0 amide bonds. The van der Waals surface area contributed by atoms with E-state index < -0.39 is 0 Å². The zero-order valence-corrected chi connectivity index (χ0v) is 12.1. The van der Waals surface area contributed by atoms with Gasteiger partial charge in [-0.25, -0.2) is 0 Å². The summed E-state index contributed by atoms with van der Waals surface area (Å²) >= 11 is 3.71. The minimum absolute atomic E-state index is 0.806. The molecule has 0 spiro atoms. The van der Waals surface area contributed by atoms with Crippen molar-refractivity contribution in [2.45, 2.75) is 13.8 Å². The molecular formula is C15H13BrO2. The molecule has 18 heavy (non-hydrogen) atoms. The van der Waals surface area contributed by atoms with E-state index in [1.54, 1.807) is 13.4 Å². The fraction of sp³-hybridized carbons (Fsp3) is 0.200. The number of ether oxygens (including phenoxy) is 1. The van der Waals surface area contributed by atoms with Crippen LogP contribution in [0.15, 0.2) is 33.4 Å². The van der Waals surface area contributed by atoms with Crippen molar-refractivity contribution in [3.05, 3.63) is 40.1 Å². The summed E-state index contributed by atoms with van der Waals surface area (Å²) in [5, 5.41) is 3.35. The van der Waals surface area contributed by atoms with Crippen molar-refractivity contribution in [1.29, 1.82) is 0 Å². The molecule has 2 nitrogen and oxygen atoms in total. The van der Waals surface area contributed by atoms with Gasteiger partial charge in [-0.1, -0.05) is 18.2 Å². The molecule has 3 heteroatoms. The number of hydrogen-bond donors (Lipinski definition) is 0. The van der Waals surface area contributed by atoms with Crippen LogP contribution in [0.4, 0.5) is 0 Å². The number of rotatable bonds is 1. The Morgan fingerprint density at radius 3 is 2.61 bits per heavy atom. The Morgan fingerprint density at radius 2 is 1.89 bits per heavy atom. The van der Waals surface area contributed by atoms with E-state index in [9.17, 15) is 0 Å². The summed E-state index contributed by atoms with van der Waals surface area (Å²) in [4.78, 5) is 0. The number of fused-ring (bicyclic) bond motifs is 2. The van der Waals surface area contributed by atoms with Crippen molar-refractivity contribution in [2.24, 2.45) is 0 Å². The second-order valence-electron chi connectivity index (χ2n) is 4.47. The van der Waals surface area contributed by atoms with Crippen LogP contribution in [0.5, 0.6) is 5.75 Å². The average Bonchev–Trinajstić information content (AvgIpc) is 2.72. The standard InChI is InChI=1S/C15H13BrO2/c1-8-5-4-6-10-11(8)13(16)12-9(2)7-18-15(12)14(10)17-3/h4-7H,1-3H3. The first-order valence-corrected chi connectivity index (χ1v) is 6.57. The van der Waals surface area contributed by atoms with Crippen molar-refractivity contribution >= 4 is 37.7 Å². The van der Waals surface area contributed by atoms with E-state index in [4.69, 9.17) is 9.15 Å². The van der Waals surface area contributed by atoms with Gasteiger partial charge in [0.1, 0.15) is 0 Å². The van der Waals surface area contributed by atoms with Gasteiger partial charge in [0.05, 0.1) is 13.4 Å². The number of furan rings is 1. The molecule has 0 aliphatic carbocycles. The molecule has 2 aromatic carbocycles. The van der Waals surface area contributed by atoms with E-state index in [2.05, 4.69) is 35.0 Å². The third kappa shape index (κ3) is 1.40. The van der Waals surface area contributed by atoms with Crippen molar-refractivity contribution < 1.29 is 9.15 Å². The average molecular weight is 305 g/mol. The molecule has 0 unspecified atom stereocenters. The van der Waals surface area contributed by atoms with E-state index in [-0.39, 0.29) is 0 Å². The molecule has 0 atom stereocenters. The molecule has 1 heterocycles. The van der Waals surface area contributed by atoms with Crippen molar-refractivity contribution in [3.8, 4) is 5.75 Å². The van der Waals surface area contributed by atoms with Crippen molar-refractivity contribution in [3.63, 3.8) is 0 Å². The first-order chi connectivity index (χ1) is 8.65. The van der Waals surface area contributed by atoms with Gasteiger partial charge in [0.25, 0.3) is 0 Å². The normalized spacial score (nSPS) is 11.3. The van der Waals surface area contributed by atoms with Crippen LogP contribution in [0.25, 0.3) is 21.7 Å². The topological polar surface area (TPSA) is 22.4 Å². The third-order valence-corrected chi connectivity index (χ3v) is 4.13. The Morgan fingerprint density at radius 1 is 1.11 bits per heavy atom. The molecule has 0 fully saturated rings. The monoisotopic (exact) mass is 304 g/mol. The zero-order chi connectivity index (χ0) is 12.9. The van der Waals surface area contributed by atoms with E-state index in [0.29, 0.717) is 0 Å². The number of benzene rings is 2. The summed E-state index contributed by atoms with van der Waals surface area (Å²) in [6.07, 6.45) is 1.77. The van der Waals surface area contributed by atoms with Gasteiger partial charge >= 0.3 is 0 Å². The lowest BCUT2D eigenvalue weighted by Crippen LogP contribution is -1.89. The van der Waals surface area contributed by atoms with Crippen LogP contribution in [0.2, 0.25) is 0 Å². The van der Waals surface area contributed by atoms with Gasteiger partial charge in [0, 0.05) is 20.6 Å². The van der Waals surface area contributed by atoms with Gasteiger partial charge in [-0.3, -0.25) is 0 Å². The molecule has 0 saturated carbocycles. The van der Waals surface area contributed by atoms with Crippen LogP contribution < -0.4 is 4.74 Å². The lowest BCUT2D eigenvalue weighted by atomic mass is 10.0. The Balaban J connectivity index is 2.68. The maximum Gasteiger partial charge on any atom is 0.177 e. The maximum atomic E-state index is 5.64. The largest absolute Gasteiger partial charge is 0.492 e. The lowest BCUT2D eigenvalue weighted by molar-refractivity contribution is 0.415. The Hall–Kier alpha value is -1.48. The molecule has 3 rings (SSSR count). The highest BCUT2D eigenvalue weighted by molar-refractivity contribution is 9.10. The second-order valence-corrected chi connectivity index (χ2v) is 5.26. The van der Waals surface area contributed by atoms with Gasteiger partial charge < -0.3 is 9.15 Å². The Bertz CT molecular complexity index is 756. The predicted molar refractivity (Wildman–Crippen MR) is 77.4 cm³/mol. The predicted octanol–water partition coefficient (Wildman–Crippen LogP) is 4.97. The minimum Gasteiger partial charge on any atom is -0.492 e. The van der Waals surface area contributed by atoms with Crippen LogP contribution in [0.1, 0.15) is 11.1 Å². The van der Waals surface area contributed by atoms with Crippen molar-refractivity contribution in [2.75, 3.05) is 7.11 Å². The van der Waals surface area contributed by atoms with Crippen LogP contribution in [0.3, 0.4) is 0 Å². The summed E-state index contributed by atoms with van der Waals surface area (Å²) in [7, 11) is 1.68. The fourth-order valence-electron chi connectivity index (χ4n) is 2.48. The van der Waals surface area contributed by atoms with E-state index in [0.717, 1.165) is 32.1 Å². The molecular weight excluding hydrogens is 292 g/mol. The second kappa shape index (κ2) is 4.02. The van der Waals surface area contributed by atoms with Gasteiger partial charge in [-0.05, 0) is 40.9 Å². The smallest absolute Gasteiger partial charge is 0.177 e. The highest BCUT2D eigenvalue weighted by Gasteiger charge is 2.18. The molecule has 0 saturated heterocycles. The highest BCUT2D eigenvalue weighted by Crippen LogP contribution is 2.43. The van der Waals surface area contributed by atoms with E-state index >= 15 is 0 Å². The van der Waals surface area contributed by atoms with E-state index in [1.807, 2.05) is 13.0 Å². The van der Waals surface area contributed by atoms with Gasteiger partial charge in [0.15, 0.2) is 11.3 Å². The molecule has 92 valence electrons. The summed E-state index contributed by atoms with van der Waals surface area (Å²) in [6, 6.07) is 6.20. The molecule has 0 aliphatic heterocycles. The molecule has 1 aromatic heterocycles. The molecule has 0 N–H and O–H groups in total. The SMILES string of the molecule is COc1c2cccc(C)c2c(Br)c2c(C)coc12. The highest BCUT2D eigenvalue weighted by atomic mass is 79.9. The summed E-state index contributed by atoms with van der Waals surface area (Å²) in [6.45, 7) is 4.15. The molecule has 0 aliphatic rings. The Labute approximate surface area is 114 Å². The maximum absolute atomic E-state index is 5.64. The van der Waals surface area contributed by atoms with Crippen LogP contribution in [-0.4, -0.2) is 7.11 Å². The molecule has 0 bridgehead atoms. The van der Waals surface area contributed by atoms with Gasteiger partial charge in [0.2, 0.25) is 0 Å². The molecule has 0 radical (unpaired) electrons. The number of hydrogen-bond acceptors (Lipinski definition) is 2. The quantitative estimate of drug-likeness (QED) is 0.633. The molecule has 3 aromatic rings. The Kier molecular flexibility index (Phi) is 2.59. The first-order valence-electron chi connectivity index (χ1n) is 5.77. The number of methoxy groups -OCH3 is 1. The van der Waals surface area contributed by atoms with E-state index in [1.165, 1.54) is 10.9 Å². The van der Waals surface area contributed by atoms with Gasteiger partial charge in [-0.15, -0.1) is 0 Å². The van der Waals surface area contributed by atoms with Crippen LogP contribution in [-0.2, 0) is 0 Å². The summed E-state index contributed by atoms with van der Waals surface area (Å²) < 4.78 is 12.3. The van der Waals surface area contributed by atoms with Crippen molar-refractivity contribution in [1.82, 2.24) is 0 Å². The van der Waals surface area contributed by atoms with Gasteiger partial charge in [-0.2, -0.15) is 0 Å². The fourth-order valence-corrected chi connectivity index (χ4v) is 3.50. The third-order valence-electron chi connectivity index (χ3n) is 3.34. The lowest BCUT2D eigenvalue weighted by Gasteiger charge is -2.11. The zero-order valence-electron chi connectivity index (χ0n) is 10.5. The summed E-state index contributed by atoms with van der Waals surface area (Å²) in [5.41, 5.74) is 3.14. The van der Waals surface area contributed by atoms with Crippen LogP contribution in [0, 0.1) is 13.8 Å². The minimum atomic E-state index is 0.806. The van der Waals surface area contributed by atoms with Crippen LogP contribution >= 0.6 is 15.9 Å². The first kappa shape index (κ1) is 11.6. The number of halogens is 1. The summed E-state index contributed by atoms with van der Waals surface area (Å²) in [5.74, 6) is 0.806.